The van der Waals surface area contributed by atoms with Gasteiger partial charge in [-0.2, -0.15) is 24.9 Å². The van der Waals surface area contributed by atoms with Gasteiger partial charge in [-0.15, -0.1) is 0 Å². The number of alkyl halides is 3. The first kappa shape index (κ1) is 20.8. The Morgan fingerprint density at radius 3 is 2.63 bits per heavy atom. The first-order chi connectivity index (χ1) is 14.3. The van der Waals surface area contributed by atoms with Crippen LogP contribution in [0.5, 0.6) is 0 Å². The fourth-order valence-corrected chi connectivity index (χ4v) is 4.39. The highest BCUT2D eigenvalue weighted by Crippen LogP contribution is 2.35. The van der Waals surface area contributed by atoms with Crippen molar-refractivity contribution < 1.29 is 18.0 Å². The molecule has 0 spiro atoms. The van der Waals surface area contributed by atoms with Crippen LogP contribution in [0.3, 0.4) is 0 Å². The van der Waals surface area contributed by atoms with Gasteiger partial charge in [-0.1, -0.05) is 17.7 Å². The predicted octanol–water partition coefficient (Wildman–Crippen LogP) is 5.84. The number of thioether (sulfide) groups is 1. The van der Waals surface area contributed by atoms with E-state index in [1.54, 1.807) is 34.9 Å². The number of benzene rings is 2. The van der Waals surface area contributed by atoms with Crippen LogP contribution in [-0.2, 0) is 6.18 Å². The lowest BCUT2D eigenvalue weighted by molar-refractivity contribution is -0.137. The van der Waals surface area contributed by atoms with E-state index in [9.17, 15) is 18.0 Å². The standard InChI is InChI=1S/C21H17ClF3N3OS/c22-14-4-5-18-16(11-14)19(27-15-3-1-2-13(10-15)21(23,24)25)17(12-26-18)20(29)28-6-8-30-9-7-28/h1-5,10-12H,6-9H2,(H,26,27). The summed E-state index contributed by atoms with van der Waals surface area (Å²) in [5.74, 6) is 1.48. The van der Waals surface area contributed by atoms with Crippen molar-refractivity contribution in [2.24, 2.45) is 0 Å². The quantitative estimate of drug-likeness (QED) is 0.543. The van der Waals surface area contributed by atoms with Gasteiger partial charge in [0.2, 0.25) is 0 Å². The normalized spacial score (nSPS) is 14.7. The SMILES string of the molecule is O=C(c1cnc2ccc(Cl)cc2c1Nc1cccc(C(F)(F)F)c1)N1CCSCC1. The number of nitrogens with zero attached hydrogens (tertiary/aromatic N) is 2. The van der Waals surface area contributed by atoms with Gasteiger partial charge in [0, 0.05) is 46.9 Å². The molecule has 1 saturated heterocycles. The van der Waals surface area contributed by atoms with E-state index in [0.29, 0.717) is 40.3 Å². The lowest BCUT2D eigenvalue weighted by Crippen LogP contribution is -2.38. The molecule has 0 atom stereocenters. The van der Waals surface area contributed by atoms with Crippen LogP contribution in [0.15, 0.2) is 48.7 Å². The van der Waals surface area contributed by atoms with Crippen LogP contribution < -0.4 is 5.32 Å². The van der Waals surface area contributed by atoms with Gasteiger partial charge in [0.25, 0.3) is 5.91 Å². The number of halogens is 4. The predicted molar refractivity (Wildman–Crippen MR) is 115 cm³/mol. The van der Waals surface area contributed by atoms with Gasteiger partial charge in [-0.3, -0.25) is 9.78 Å². The van der Waals surface area contributed by atoms with E-state index in [4.69, 9.17) is 11.6 Å². The summed E-state index contributed by atoms with van der Waals surface area (Å²) in [7, 11) is 0. The molecule has 0 bridgehead atoms. The van der Waals surface area contributed by atoms with E-state index in [0.717, 1.165) is 23.6 Å². The third kappa shape index (κ3) is 4.34. The molecule has 1 N–H and O–H groups in total. The molecule has 1 aromatic heterocycles. The summed E-state index contributed by atoms with van der Waals surface area (Å²) < 4.78 is 39.4. The highest BCUT2D eigenvalue weighted by molar-refractivity contribution is 7.99. The Kier molecular flexibility index (Phi) is 5.79. The Hall–Kier alpha value is -2.45. The summed E-state index contributed by atoms with van der Waals surface area (Å²) in [5, 5.41) is 4.03. The van der Waals surface area contributed by atoms with E-state index in [1.807, 2.05) is 0 Å². The first-order valence-corrected chi connectivity index (χ1v) is 10.8. The van der Waals surface area contributed by atoms with E-state index in [-0.39, 0.29) is 11.6 Å². The molecule has 0 radical (unpaired) electrons. The number of nitrogens with one attached hydrogen (secondary N) is 1. The van der Waals surface area contributed by atoms with Gasteiger partial charge in [-0.25, -0.2) is 0 Å². The van der Waals surface area contributed by atoms with Crippen LogP contribution in [0, 0.1) is 0 Å². The maximum absolute atomic E-state index is 13.2. The molecule has 1 aliphatic rings. The second kappa shape index (κ2) is 8.35. The average Bonchev–Trinajstić information content (AvgIpc) is 2.74. The molecule has 1 aliphatic heterocycles. The zero-order valence-corrected chi connectivity index (χ0v) is 17.2. The minimum absolute atomic E-state index is 0.209. The number of hydrogen-bond acceptors (Lipinski definition) is 4. The number of pyridine rings is 1. The molecular weight excluding hydrogens is 435 g/mol. The van der Waals surface area contributed by atoms with Crippen LogP contribution in [0.25, 0.3) is 10.9 Å². The van der Waals surface area contributed by atoms with Gasteiger partial charge in [0.15, 0.2) is 0 Å². The molecule has 1 amide bonds. The summed E-state index contributed by atoms with van der Waals surface area (Å²) in [5.41, 5.74) is 0.726. The molecule has 2 aromatic carbocycles. The molecule has 4 nitrogen and oxygen atoms in total. The molecule has 156 valence electrons. The van der Waals surface area contributed by atoms with Gasteiger partial charge in [0.1, 0.15) is 0 Å². The lowest BCUT2D eigenvalue weighted by atomic mass is 10.1. The number of aromatic nitrogens is 1. The molecule has 1 fully saturated rings. The van der Waals surface area contributed by atoms with Gasteiger partial charge < -0.3 is 10.2 Å². The Morgan fingerprint density at radius 2 is 1.90 bits per heavy atom. The summed E-state index contributed by atoms with van der Waals surface area (Å²) in [4.78, 5) is 19.3. The molecular formula is C21H17ClF3N3OS. The molecule has 9 heteroatoms. The Morgan fingerprint density at radius 1 is 1.13 bits per heavy atom. The van der Waals surface area contributed by atoms with E-state index < -0.39 is 11.7 Å². The monoisotopic (exact) mass is 451 g/mol. The topological polar surface area (TPSA) is 45.2 Å². The third-order valence-corrected chi connectivity index (χ3v) is 6.00. The summed E-state index contributed by atoms with van der Waals surface area (Å²) in [6, 6.07) is 9.91. The molecule has 0 unspecified atom stereocenters. The maximum Gasteiger partial charge on any atom is 0.416 e. The summed E-state index contributed by atoms with van der Waals surface area (Å²) >= 11 is 7.93. The van der Waals surface area contributed by atoms with Crippen molar-refractivity contribution in [1.29, 1.82) is 0 Å². The zero-order chi connectivity index (χ0) is 21.3. The van der Waals surface area contributed by atoms with Crippen molar-refractivity contribution in [2.75, 3.05) is 29.9 Å². The molecule has 0 saturated carbocycles. The summed E-state index contributed by atoms with van der Waals surface area (Å²) in [6.07, 6.45) is -3.00. The van der Waals surface area contributed by atoms with E-state index >= 15 is 0 Å². The zero-order valence-electron chi connectivity index (χ0n) is 15.7. The fourth-order valence-electron chi connectivity index (χ4n) is 3.32. The molecule has 2 heterocycles. The Balaban J connectivity index is 1.81. The van der Waals surface area contributed by atoms with Crippen molar-refractivity contribution in [3.63, 3.8) is 0 Å². The number of anilines is 2. The Labute approximate surface area is 180 Å². The minimum atomic E-state index is -4.47. The summed E-state index contributed by atoms with van der Waals surface area (Å²) in [6.45, 7) is 1.22. The molecule has 3 aromatic rings. The highest BCUT2D eigenvalue weighted by atomic mass is 35.5. The van der Waals surface area contributed by atoms with Crippen molar-refractivity contribution in [3.8, 4) is 0 Å². The smallest absolute Gasteiger partial charge is 0.354 e. The van der Waals surface area contributed by atoms with Gasteiger partial charge in [-0.05, 0) is 36.4 Å². The van der Waals surface area contributed by atoms with Crippen LogP contribution in [0.1, 0.15) is 15.9 Å². The van der Waals surface area contributed by atoms with Crippen molar-refractivity contribution >= 4 is 51.5 Å². The second-order valence-corrected chi connectivity index (χ2v) is 8.48. The second-order valence-electron chi connectivity index (χ2n) is 6.82. The first-order valence-electron chi connectivity index (χ1n) is 9.22. The third-order valence-electron chi connectivity index (χ3n) is 4.82. The van der Waals surface area contributed by atoms with Crippen LogP contribution in [0.2, 0.25) is 5.02 Å². The number of carbonyl (C=O) groups excluding carboxylic acids is 1. The van der Waals surface area contributed by atoms with Gasteiger partial charge in [0.05, 0.1) is 22.3 Å². The lowest BCUT2D eigenvalue weighted by Gasteiger charge is -2.27. The highest BCUT2D eigenvalue weighted by Gasteiger charge is 2.30. The van der Waals surface area contributed by atoms with Gasteiger partial charge >= 0.3 is 6.18 Å². The molecule has 30 heavy (non-hydrogen) atoms. The van der Waals surface area contributed by atoms with Crippen LogP contribution in [-0.4, -0.2) is 40.4 Å². The number of rotatable bonds is 3. The molecule has 0 aliphatic carbocycles. The largest absolute Gasteiger partial charge is 0.416 e. The maximum atomic E-state index is 13.2. The Bertz CT molecular complexity index is 1100. The van der Waals surface area contributed by atoms with E-state index in [1.165, 1.54) is 18.3 Å². The number of amides is 1. The number of fused-ring (bicyclic) bond motifs is 1. The minimum Gasteiger partial charge on any atom is -0.354 e. The van der Waals surface area contributed by atoms with Crippen molar-refractivity contribution in [2.45, 2.75) is 6.18 Å². The van der Waals surface area contributed by atoms with Crippen molar-refractivity contribution in [3.05, 3.63) is 64.8 Å². The molecule has 4 rings (SSSR count). The fraction of sp³-hybridized carbons (Fsp3) is 0.238. The van der Waals surface area contributed by atoms with Crippen molar-refractivity contribution in [1.82, 2.24) is 9.88 Å². The number of carbonyl (C=O) groups is 1. The average molecular weight is 452 g/mol. The van der Waals surface area contributed by atoms with Crippen LogP contribution >= 0.6 is 23.4 Å². The number of hydrogen-bond donors (Lipinski definition) is 1. The van der Waals surface area contributed by atoms with Crippen LogP contribution in [0.4, 0.5) is 24.5 Å². The van der Waals surface area contributed by atoms with E-state index in [2.05, 4.69) is 10.3 Å².